The van der Waals surface area contributed by atoms with Crippen molar-refractivity contribution < 1.29 is 24.1 Å². The SMILES string of the molecule is CC(=O)OOc1ccc2c(c1)CC(N(Cc1ccccc1)C(=O)OC(C)(C)C)CCC2. The molecule has 2 aromatic rings. The third-order valence-electron chi connectivity index (χ3n) is 5.14. The minimum absolute atomic E-state index is 0.0136. The van der Waals surface area contributed by atoms with Gasteiger partial charge >= 0.3 is 12.1 Å². The van der Waals surface area contributed by atoms with Crippen molar-refractivity contribution in [2.24, 2.45) is 0 Å². The normalized spacial score (nSPS) is 15.9. The van der Waals surface area contributed by atoms with Gasteiger partial charge in [-0.15, -0.1) is 0 Å². The van der Waals surface area contributed by atoms with Crippen LogP contribution in [0.25, 0.3) is 0 Å². The second-order valence-electron chi connectivity index (χ2n) is 8.93. The summed E-state index contributed by atoms with van der Waals surface area (Å²) in [5.41, 5.74) is 2.81. The molecule has 3 rings (SSSR count). The lowest BCUT2D eigenvalue weighted by molar-refractivity contribution is -0.210. The van der Waals surface area contributed by atoms with E-state index in [2.05, 4.69) is 4.89 Å². The summed E-state index contributed by atoms with van der Waals surface area (Å²) in [4.78, 5) is 35.9. The van der Waals surface area contributed by atoms with E-state index in [4.69, 9.17) is 9.62 Å². The molecule has 1 aliphatic rings. The highest BCUT2D eigenvalue weighted by Gasteiger charge is 2.30. The second kappa shape index (κ2) is 9.86. The Hall–Kier alpha value is -3.02. The minimum atomic E-state index is -0.570. The largest absolute Gasteiger partial charge is 0.444 e. The molecule has 0 bridgehead atoms. The van der Waals surface area contributed by atoms with Crippen LogP contribution in [0.3, 0.4) is 0 Å². The molecule has 0 aromatic heterocycles. The zero-order chi connectivity index (χ0) is 22.4. The van der Waals surface area contributed by atoms with Crippen molar-refractivity contribution >= 4 is 12.1 Å². The summed E-state index contributed by atoms with van der Waals surface area (Å²) in [6.07, 6.45) is 3.14. The van der Waals surface area contributed by atoms with Crippen LogP contribution >= 0.6 is 0 Å². The molecule has 0 saturated carbocycles. The summed E-state index contributed by atoms with van der Waals surface area (Å²) in [6, 6.07) is 15.6. The maximum atomic E-state index is 13.2. The van der Waals surface area contributed by atoms with E-state index in [1.165, 1.54) is 12.5 Å². The van der Waals surface area contributed by atoms with Gasteiger partial charge in [0.15, 0.2) is 5.75 Å². The van der Waals surface area contributed by atoms with Crippen LogP contribution in [0.2, 0.25) is 0 Å². The highest BCUT2D eigenvalue weighted by Crippen LogP contribution is 2.29. The van der Waals surface area contributed by atoms with Crippen LogP contribution in [-0.4, -0.2) is 28.6 Å². The van der Waals surface area contributed by atoms with Gasteiger partial charge < -0.3 is 9.64 Å². The molecule has 166 valence electrons. The molecule has 2 aromatic carbocycles. The molecule has 31 heavy (non-hydrogen) atoms. The number of hydrogen-bond acceptors (Lipinski definition) is 5. The van der Waals surface area contributed by atoms with Gasteiger partial charge in [-0.05, 0) is 75.3 Å². The molecule has 1 aliphatic carbocycles. The molecular weight excluding hydrogens is 394 g/mol. The first-order chi connectivity index (χ1) is 14.7. The zero-order valence-electron chi connectivity index (χ0n) is 18.7. The van der Waals surface area contributed by atoms with E-state index >= 15 is 0 Å². The summed E-state index contributed by atoms with van der Waals surface area (Å²) in [5.74, 6) is -0.0340. The van der Waals surface area contributed by atoms with E-state index in [1.54, 1.807) is 6.07 Å². The van der Waals surface area contributed by atoms with E-state index in [9.17, 15) is 9.59 Å². The Labute approximate surface area is 184 Å². The van der Waals surface area contributed by atoms with Crippen LogP contribution in [0, 0.1) is 0 Å². The van der Waals surface area contributed by atoms with Crippen molar-refractivity contribution in [3.63, 3.8) is 0 Å². The third kappa shape index (κ3) is 6.74. The number of aryl methyl sites for hydroxylation is 1. The standard InChI is InChI=1S/C25H31NO5/c1-18(27)30-31-23-14-13-20-11-8-12-22(15-21(20)16-23)26(24(28)29-25(2,3)4)17-19-9-6-5-7-10-19/h5-7,9-10,13-14,16,22H,8,11-12,15,17H2,1-4H3. The molecule has 0 spiro atoms. The van der Waals surface area contributed by atoms with Crippen LogP contribution in [-0.2, 0) is 33.8 Å². The smallest absolute Gasteiger partial charge is 0.410 e. The van der Waals surface area contributed by atoms with E-state index in [-0.39, 0.29) is 12.1 Å². The van der Waals surface area contributed by atoms with Crippen molar-refractivity contribution in [1.82, 2.24) is 4.90 Å². The van der Waals surface area contributed by atoms with Crippen LogP contribution in [0.4, 0.5) is 4.79 Å². The van der Waals surface area contributed by atoms with Crippen LogP contribution in [0.5, 0.6) is 5.75 Å². The topological polar surface area (TPSA) is 65.1 Å². The van der Waals surface area contributed by atoms with Crippen molar-refractivity contribution in [2.45, 2.75) is 71.6 Å². The average Bonchev–Trinajstić information content (AvgIpc) is 2.91. The summed E-state index contributed by atoms with van der Waals surface area (Å²) in [6.45, 7) is 7.42. The first kappa shape index (κ1) is 22.7. The number of carbonyl (C=O) groups is 2. The molecule has 1 unspecified atom stereocenters. The van der Waals surface area contributed by atoms with Gasteiger partial charge in [0.25, 0.3) is 0 Å². The fraction of sp³-hybridized carbons (Fsp3) is 0.440. The van der Waals surface area contributed by atoms with Crippen LogP contribution in [0.1, 0.15) is 57.2 Å². The van der Waals surface area contributed by atoms with Crippen molar-refractivity contribution in [2.75, 3.05) is 0 Å². The molecule has 6 nitrogen and oxygen atoms in total. The van der Waals surface area contributed by atoms with Gasteiger partial charge in [-0.25, -0.2) is 9.59 Å². The first-order valence-corrected chi connectivity index (χ1v) is 10.7. The fourth-order valence-electron chi connectivity index (χ4n) is 3.79. The monoisotopic (exact) mass is 425 g/mol. The van der Waals surface area contributed by atoms with Crippen LogP contribution < -0.4 is 4.89 Å². The Bertz CT molecular complexity index is 904. The van der Waals surface area contributed by atoms with Gasteiger partial charge in [0.2, 0.25) is 0 Å². The summed E-state index contributed by atoms with van der Waals surface area (Å²) < 4.78 is 5.75. The molecule has 1 atom stereocenters. The lowest BCUT2D eigenvalue weighted by atomic mass is 10.0. The van der Waals surface area contributed by atoms with Crippen LogP contribution in [0.15, 0.2) is 48.5 Å². The summed E-state index contributed by atoms with van der Waals surface area (Å²) in [7, 11) is 0. The number of amides is 1. The Kier molecular flexibility index (Phi) is 7.21. The lowest BCUT2D eigenvalue weighted by Gasteiger charge is -2.33. The number of rotatable bonds is 5. The zero-order valence-corrected chi connectivity index (χ0v) is 18.7. The van der Waals surface area contributed by atoms with Gasteiger partial charge in [0, 0.05) is 19.5 Å². The molecule has 6 heteroatoms. The molecule has 0 N–H and O–H groups in total. The van der Waals surface area contributed by atoms with Gasteiger partial charge in [-0.2, -0.15) is 0 Å². The quantitative estimate of drug-likeness (QED) is 0.373. The second-order valence-corrected chi connectivity index (χ2v) is 8.93. The van der Waals surface area contributed by atoms with Gasteiger partial charge in [0.1, 0.15) is 5.60 Å². The van der Waals surface area contributed by atoms with Crippen molar-refractivity contribution in [3.05, 3.63) is 65.2 Å². The number of carbonyl (C=O) groups excluding carboxylic acids is 2. The van der Waals surface area contributed by atoms with E-state index in [0.717, 1.165) is 30.4 Å². The minimum Gasteiger partial charge on any atom is -0.444 e. The number of hydrogen-bond donors (Lipinski definition) is 0. The Balaban J connectivity index is 1.85. The molecular formula is C25H31NO5. The first-order valence-electron chi connectivity index (χ1n) is 10.7. The fourth-order valence-corrected chi connectivity index (χ4v) is 3.79. The maximum absolute atomic E-state index is 13.2. The summed E-state index contributed by atoms with van der Waals surface area (Å²) >= 11 is 0. The highest BCUT2D eigenvalue weighted by molar-refractivity contribution is 5.69. The highest BCUT2D eigenvalue weighted by atomic mass is 17.2. The van der Waals surface area contributed by atoms with Crippen molar-refractivity contribution in [1.29, 1.82) is 0 Å². The third-order valence-corrected chi connectivity index (χ3v) is 5.14. The number of ether oxygens (including phenoxy) is 1. The number of benzene rings is 2. The predicted molar refractivity (Wildman–Crippen MR) is 117 cm³/mol. The van der Waals surface area contributed by atoms with E-state index in [0.29, 0.717) is 18.7 Å². The Morgan fingerprint density at radius 3 is 2.48 bits per heavy atom. The Morgan fingerprint density at radius 2 is 1.81 bits per heavy atom. The lowest BCUT2D eigenvalue weighted by Crippen LogP contribution is -2.43. The molecule has 0 aliphatic heterocycles. The van der Waals surface area contributed by atoms with Crippen molar-refractivity contribution in [3.8, 4) is 5.75 Å². The van der Waals surface area contributed by atoms with Gasteiger partial charge in [0.05, 0.1) is 0 Å². The predicted octanol–water partition coefficient (Wildman–Crippen LogP) is 5.23. The van der Waals surface area contributed by atoms with E-state index in [1.807, 2.05) is 68.1 Å². The average molecular weight is 426 g/mol. The molecule has 0 radical (unpaired) electrons. The summed E-state index contributed by atoms with van der Waals surface area (Å²) in [5, 5.41) is 0. The molecule has 0 heterocycles. The molecule has 1 amide bonds. The number of fused-ring (bicyclic) bond motifs is 1. The number of nitrogens with zero attached hydrogens (tertiary/aromatic N) is 1. The van der Waals surface area contributed by atoms with E-state index < -0.39 is 11.6 Å². The van der Waals surface area contributed by atoms with Gasteiger partial charge in [-0.3, -0.25) is 9.78 Å². The maximum Gasteiger partial charge on any atom is 0.410 e. The van der Waals surface area contributed by atoms with Gasteiger partial charge in [-0.1, -0.05) is 36.4 Å². The Morgan fingerprint density at radius 1 is 1.06 bits per heavy atom. The molecule has 0 fully saturated rings. The molecule has 0 saturated heterocycles.